The van der Waals surface area contributed by atoms with E-state index in [1.807, 2.05) is 6.92 Å². The maximum atomic E-state index is 8.82. The Labute approximate surface area is 149 Å². The van der Waals surface area contributed by atoms with Crippen molar-refractivity contribution in [2.24, 2.45) is 0 Å². The molecule has 0 atom stereocenters. The second-order valence-electron chi connectivity index (χ2n) is 5.22. The molecule has 0 radical (unpaired) electrons. The van der Waals surface area contributed by atoms with Gasteiger partial charge in [-0.25, -0.2) is 0 Å². The Kier molecular flexibility index (Phi) is 4.75. The molecule has 1 aromatic heterocycles. The van der Waals surface area contributed by atoms with Crippen LogP contribution in [-0.2, 0) is 6.42 Å². The summed E-state index contributed by atoms with van der Waals surface area (Å²) >= 11 is 12.4. The molecule has 24 heavy (non-hydrogen) atoms. The fourth-order valence-corrected chi connectivity index (χ4v) is 2.79. The molecule has 6 heteroatoms. The first-order chi connectivity index (χ1) is 11.6. The number of halogens is 2. The standard InChI is InChI=1S/C18H13Cl2N3O/c1-11-17(9-14-15(19)3-2-4-16(14)20)24-18(22-11)23-13-7-5-12(10-21)6-8-13/h2-8H,9H2,1H3,(H,22,23). The van der Waals surface area contributed by atoms with Crippen molar-refractivity contribution in [3.05, 3.63) is 75.1 Å². The predicted molar refractivity (Wildman–Crippen MR) is 94.9 cm³/mol. The lowest BCUT2D eigenvalue weighted by molar-refractivity contribution is 0.530. The molecule has 1 N–H and O–H groups in total. The molecule has 0 aliphatic carbocycles. The van der Waals surface area contributed by atoms with Crippen LogP contribution in [0.3, 0.4) is 0 Å². The summed E-state index contributed by atoms with van der Waals surface area (Å²) in [5, 5.41) is 13.1. The van der Waals surface area contributed by atoms with Gasteiger partial charge in [0.1, 0.15) is 5.76 Å². The van der Waals surface area contributed by atoms with Crippen LogP contribution in [0.5, 0.6) is 0 Å². The van der Waals surface area contributed by atoms with Crippen molar-refractivity contribution in [3.8, 4) is 6.07 Å². The Hall–Kier alpha value is -2.48. The van der Waals surface area contributed by atoms with E-state index in [0.29, 0.717) is 33.8 Å². The molecule has 3 rings (SSSR count). The van der Waals surface area contributed by atoms with E-state index in [-0.39, 0.29) is 0 Å². The molecule has 0 amide bonds. The number of hydrogen-bond donors (Lipinski definition) is 1. The van der Waals surface area contributed by atoms with Crippen molar-refractivity contribution in [1.29, 1.82) is 5.26 Å². The average molecular weight is 358 g/mol. The van der Waals surface area contributed by atoms with E-state index in [9.17, 15) is 0 Å². The third-order valence-corrected chi connectivity index (χ3v) is 4.27. The highest BCUT2D eigenvalue weighted by molar-refractivity contribution is 6.36. The van der Waals surface area contributed by atoms with Gasteiger partial charge < -0.3 is 9.73 Å². The number of benzene rings is 2. The van der Waals surface area contributed by atoms with Gasteiger partial charge in [0.15, 0.2) is 0 Å². The first-order valence-corrected chi connectivity index (χ1v) is 7.99. The molecule has 0 saturated carbocycles. The molecule has 2 aromatic carbocycles. The van der Waals surface area contributed by atoms with Crippen LogP contribution in [0.4, 0.5) is 11.7 Å². The van der Waals surface area contributed by atoms with E-state index in [0.717, 1.165) is 16.9 Å². The lowest BCUT2D eigenvalue weighted by Crippen LogP contribution is -1.91. The molecule has 0 unspecified atom stereocenters. The minimum absolute atomic E-state index is 0.385. The third kappa shape index (κ3) is 3.53. The highest BCUT2D eigenvalue weighted by Gasteiger charge is 2.14. The van der Waals surface area contributed by atoms with Gasteiger partial charge in [0, 0.05) is 22.2 Å². The van der Waals surface area contributed by atoms with Crippen molar-refractivity contribution in [2.75, 3.05) is 5.32 Å². The first kappa shape index (κ1) is 16.4. The summed E-state index contributed by atoms with van der Waals surface area (Å²) in [5.74, 6) is 0.696. The number of aryl methyl sites for hydroxylation is 1. The molecular formula is C18H13Cl2N3O. The smallest absolute Gasteiger partial charge is 0.299 e. The van der Waals surface area contributed by atoms with Crippen LogP contribution in [0.15, 0.2) is 46.9 Å². The van der Waals surface area contributed by atoms with Gasteiger partial charge in [-0.1, -0.05) is 29.3 Å². The van der Waals surface area contributed by atoms with Crippen molar-refractivity contribution in [3.63, 3.8) is 0 Å². The van der Waals surface area contributed by atoms with Crippen LogP contribution in [0.25, 0.3) is 0 Å². The molecule has 0 saturated heterocycles. The number of nitriles is 1. The highest BCUT2D eigenvalue weighted by Crippen LogP contribution is 2.29. The van der Waals surface area contributed by atoms with Crippen molar-refractivity contribution >= 4 is 34.9 Å². The minimum Gasteiger partial charge on any atom is -0.428 e. The summed E-state index contributed by atoms with van der Waals surface area (Å²) in [4.78, 5) is 4.38. The van der Waals surface area contributed by atoms with Gasteiger partial charge in [-0.2, -0.15) is 10.2 Å². The summed E-state index contributed by atoms with van der Waals surface area (Å²) in [6, 6.07) is 14.9. The van der Waals surface area contributed by atoms with Crippen molar-refractivity contribution in [1.82, 2.24) is 4.98 Å². The van der Waals surface area contributed by atoms with Crippen LogP contribution < -0.4 is 5.32 Å². The van der Waals surface area contributed by atoms with Crippen molar-refractivity contribution < 1.29 is 4.42 Å². The van der Waals surface area contributed by atoms with Crippen LogP contribution >= 0.6 is 23.2 Å². The maximum absolute atomic E-state index is 8.82. The van der Waals surface area contributed by atoms with Gasteiger partial charge >= 0.3 is 0 Å². The third-order valence-electron chi connectivity index (χ3n) is 3.56. The molecule has 0 aliphatic rings. The zero-order valence-electron chi connectivity index (χ0n) is 12.8. The summed E-state index contributed by atoms with van der Waals surface area (Å²) < 4.78 is 5.78. The molecule has 0 fully saturated rings. The van der Waals surface area contributed by atoms with Gasteiger partial charge in [-0.3, -0.25) is 0 Å². The molecule has 3 aromatic rings. The molecule has 0 spiro atoms. The zero-order valence-corrected chi connectivity index (χ0v) is 14.3. The van der Waals surface area contributed by atoms with E-state index in [1.54, 1.807) is 42.5 Å². The number of hydrogen-bond acceptors (Lipinski definition) is 4. The number of oxazole rings is 1. The predicted octanol–water partition coefficient (Wildman–Crippen LogP) is 5.50. The molecule has 0 aliphatic heterocycles. The van der Waals surface area contributed by atoms with E-state index in [4.69, 9.17) is 32.9 Å². The number of aromatic nitrogens is 1. The Balaban J connectivity index is 1.81. The van der Waals surface area contributed by atoms with E-state index < -0.39 is 0 Å². The second-order valence-corrected chi connectivity index (χ2v) is 6.03. The van der Waals surface area contributed by atoms with Gasteiger partial charge in [0.25, 0.3) is 6.01 Å². The van der Waals surface area contributed by atoms with Gasteiger partial charge in [-0.15, -0.1) is 0 Å². The van der Waals surface area contributed by atoms with Crippen LogP contribution in [0.2, 0.25) is 10.0 Å². The number of nitrogens with zero attached hydrogens (tertiary/aromatic N) is 2. The van der Waals surface area contributed by atoms with Crippen molar-refractivity contribution in [2.45, 2.75) is 13.3 Å². The highest BCUT2D eigenvalue weighted by atomic mass is 35.5. The lowest BCUT2D eigenvalue weighted by Gasteiger charge is -2.05. The molecule has 120 valence electrons. The maximum Gasteiger partial charge on any atom is 0.299 e. The zero-order chi connectivity index (χ0) is 17.1. The minimum atomic E-state index is 0.385. The van der Waals surface area contributed by atoms with Gasteiger partial charge in [-0.05, 0) is 48.9 Å². The Morgan fingerprint density at radius 1 is 1.12 bits per heavy atom. The fourth-order valence-electron chi connectivity index (χ4n) is 2.26. The topological polar surface area (TPSA) is 61.9 Å². The van der Waals surface area contributed by atoms with Crippen LogP contribution in [0.1, 0.15) is 22.6 Å². The first-order valence-electron chi connectivity index (χ1n) is 7.23. The lowest BCUT2D eigenvalue weighted by atomic mass is 10.1. The Bertz CT molecular complexity index is 891. The Morgan fingerprint density at radius 2 is 1.79 bits per heavy atom. The summed E-state index contributed by atoms with van der Waals surface area (Å²) in [6.07, 6.45) is 0.465. The van der Waals surface area contributed by atoms with Crippen LogP contribution in [0, 0.1) is 18.3 Å². The number of nitrogens with one attached hydrogen (secondary N) is 1. The van der Waals surface area contributed by atoms with Gasteiger partial charge in [0.2, 0.25) is 0 Å². The summed E-state index contributed by atoms with van der Waals surface area (Å²) in [7, 11) is 0. The average Bonchev–Trinajstić information content (AvgIpc) is 2.91. The quantitative estimate of drug-likeness (QED) is 0.669. The van der Waals surface area contributed by atoms with Crippen LogP contribution in [-0.4, -0.2) is 4.98 Å². The van der Waals surface area contributed by atoms with E-state index in [2.05, 4.69) is 16.4 Å². The fraction of sp³-hybridized carbons (Fsp3) is 0.111. The summed E-state index contributed by atoms with van der Waals surface area (Å²) in [6.45, 7) is 1.87. The largest absolute Gasteiger partial charge is 0.428 e. The summed E-state index contributed by atoms with van der Waals surface area (Å²) in [5.41, 5.74) is 2.96. The second kappa shape index (κ2) is 6.96. The molecule has 4 nitrogen and oxygen atoms in total. The Morgan fingerprint density at radius 3 is 2.42 bits per heavy atom. The van der Waals surface area contributed by atoms with E-state index >= 15 is 0 Å². The number of rotatable bonds is 4. The molecule has 0 bridgehead atoms. The monoisotopic (exact) mass is 357 g/mol. The van der Waals surface area contributed by atoms with Gasteiger partial charge in [0.05, 0.1) is 17.3 Å². The molecule has 1 heterocycles. The SMILES string of the molecule is Cc1nc(Nc2ccc(C#N)cc2)oc1Cc1c(Cl)cccc1Cl. The number of anilines is 2. The molecular weight excluding hydrogens is 345 g/mol. The van der Waals surface area contributed by atoms with E-state index in [1.165, 1.54) is 0 Å². The normalized spacial score (nSPS) is 10.4.